The average Bonchev–Trinajstić information content (AvgIpc) is 2.61. The lowest BCUT2D eigenvalue weighted by Crippen LogP contribution is -2.14. The molecule has 6 heteroatoms. The molecule has 0 radical (unpaired) electrons. The molecule has 2 N–H and O–H groups in total. The van der Waals surface area contributed by atoms with Gasteiger partial charge < -0.3 is 15.2 Å². The zero-order chi connectivity index (χ0) is 18.2. The van der Waals surface area contributed by atoms with Crippen molar-refractivity contribution in [2.24, 2.45) is 0 Å². The number of aliphatic carboxylic acids is 1. The Bertz CT molecular complexity index is 730. The number of ether oxygens (including phenoxy) is 1. The number of carbonyl (C=O) groups is 2. The highest BCUT2D eigenvalue weighted by molar-refractivity contribution is 8.00. The lowest BCUT2D eigenvalue weighted by atomic mass is 10.0. The fourth-order valence-electron chi connectivity index (χ4n) is 2.17. The van der Waals surface area contributed by atoms with Gasteiger partial charge >= 0.3 is 5.97 Å². The molecule has 0 aliphatic heterocycles. The van der Waals surface area contributed by atoms with E-state index in [0.29, 0.717) is 17.9 Å². The Balaban J connectivity index is 1.89. The molecule has 0 spiro atoms. The van der Waals surface area contributed by atoms with Crippen LogP contribution >= 0.6 is 11.8 Å². The van der Waals surface area contributed by atoms with Gasteiger partial charge in [-0.1, -0.05) is 12.1 Å². The first-order chi connectivity index (χ1) is 12.0. The summed E-state index contributed by atoms with van der Waals surface area (Å²) in [7, 11) is 0. The summed E-state index contributed by atoms with van der Waals surface area (Å²) in [4.78, 5) is 24.1. The third-order valence-electron chi connectivity index (χ3n) is 3.55. The van der Waals surface area contributed by atoms with Gasteiger partial charge in [0.2, 0.25) is 5.91 Å². The maximum Gasteiger partial charge on any atom is 0.310 e. The molecule has 25 heavy (non-hydrogen) atoms. The van der Waals surface area contributed by atoms with Crippen molar-refractivity contribution in [1.82, 2.24) is 0 Å². The summed E-state index contributed by atoms with van der Waals surface area (Å²) in [5, 5.41) is 11.9. The van der Waals surface area contributed by atoms with Gasteiger partial charge in [-0.05, 0) is 55.8 Å². The van der Waals surface area contributed by atoms with Crippen LogP contribution in [0.4, 0.5) is 5.69 Å². The molecule has 0 aliphatic carbocycles. The van der Waals surface area contributed by atoms with E-state index in [1.54, 1.807) is 31.2 Å². The van der Waals surface area contributed by atoms with E-state index in [-0.39, 0.29) is 11.7 Å². The molecular formula is C19H21NO4S. The van der Waals surface area contributed by atoms with Crippen LogP contribution in [0.2, 0.25) is 0 Å². The zero-order valence-corrected chi connectivity index (χ0v) is 15.0. The van der Waals surface area contributed by atoms with Crippen LogP contribution in [0, 0.1) is 0 Å². The molecule has 0 saturated heterocycles. The number of carbonyl (C=O) groups excluding carboxylic acids is 1. The van der Waals surface area contributed by atoms with Gasteiger partial charge in [-0.2, -0.15) is 0 Å². The van der Waals surface area contributed by atoms with Crippen LogP contribution in [0.1, 0.15) is 25.3 Å². The molecule has 2 aromatic carbocycles. The quantitative estimate of drug-likeness (QED) is 0.697. The maximum absolute atomic E-state index is 12.1. The number of anilines is 1. The minimum Gasteiger partial charge on any atom is -0.494 e. The van der Waals surface area contributed by atoms with Crippen LogP contribution in [0.15, 0.2) is 53.4 Å². The van der Waals surface area contributed by atoms with E-state index in [4.69, 9.17) is 9.84 Å². The van der Waals surface area contributed by atoms with Crippen LogP contribution in [-0.2, 0) is 9.59 Å². The molecule has 5 nitrogen and oxygen atoms in total. The largest absolute Gasteiger partial charge is 0.494 e. The van der Waals surface area contributed by atoms with Crippen LogP contribution < -0.4 is 10.1 Å². The summed E-state index contributed by atoms with van der Waals surface area (Å²) in [5.41, 5.74) is 1.26. The molecule has 0 aliphatic rings. The van der Waals surface area contributed by atoms with Crippen LogP contribution in [0.3, 0.4) is 0 Å². The summed E-state index contributed by atoms with van der Waals surface area (Å²) >= 11 is 1.43. The highest BCUT2D eigenvalue weighted by atomic mass is 32.2. The van der Waals surface area contributed by atoms with E-state index < -0.39 is 11.9 Å². The predicted molar refractivity (Wildman–Crippen MR) is 99.5 cm³/mol. The minimum absolute atomic E-state index is 0.140. The lowest BCUT2D eigenvalue weighted by Gasteiger charge is -2.10. The van der Waals surface area contributed by atoms with E-state index in [1.165, 1.54) is 11.8 Å². The Kier molecular flexibility index (Phi) is 6.89. The highest BCUT2D eigenvalue weighted by Gasteiger charge is 2.14. The summed E-state index contributed by atoms with van der Waals surface area (Å²) in [6, 6.07) is 14.5. The fourth-order valence-corrected chi connectivity index (χ4v) is 2.87. The molecule has 1 amide bonds. The molecule has 0 aromatic heterocycles. The molecular weight excluding hydrogens is 338 g/mol. The Labute approximate surface area is 151 Å². The topological polar surface area (TPSA) is 75.6 Å². The van der Waals surface area contributed by atoms with Crippen molar-refractivity contribution in [3.05, 3.63) is 54.1 Å². The van der Waals surface area contributed by atoms with Gasteiger partial charge in [0.25, 0.3) is 0 Å². The summed E-state index contributed by atoms with van der Waals surface area (Å²) in [6.45, 7) is 4.17. The SMILES string of the molecule is CCOc1ccc(SCC(=O)Nc2cccc(C(C)C(=O)O)c2)cc1. The zero-order valence-electron chi connectivity index (χ0n) is 14.2. The van der Waals surface area contributed by atoms with Crippen molar-refractivity contribution in [3.63, 3.8) is 0 Å². The van der Waals surface area contributed by atoms with Gasteiger partial charge in [0, 0.05) is 10.6 Å². The number of carboxylic acids is 1. The fraction of sp³-hybridized carbons (Fsp3) is 0.263. The molecule has 2 aromatic rings. The number of thioether (sulfide) groups is 1. The van der Waals surface area contributed by atoms with Crippen molar-refractivity contribution in [2.45, 2.75) is 24.7 Å². The molecule has 0 heterocycles. The standard InChI is InChI=1S/C19H21NO4S/c1-3-24-16-7-9-17(10-8-16)25-12-18(21)20-15-6-4-5-14(11-15)13(2)19(22)23/h4-11,13H,3,12H2,1-2H3,(H,20,21)(H,22,23). The molecule has 132 valence electrons. The monoisotopic (exact) mass is 359 g/mol. The van der Waals surface area contributed by atoms with Gasteiger partial charge in [0.15, 0.2) is 0 Å². The van der Waals surface area contributed by atoms with E-state index in [9.17, 15) is 9.59 Å². The van der Waals surface area contributed by atoms with Crippen LogP contribution in [0.25, 0.3) is 0 Å². The number of carboxylic acid groups (broad SMARTS) is 1. The van der Waals surface area contributed by atoms with Crippen molar-refractivity contribution in [2.75, 3.05) is 17.7 Å². The average molecular weight is 359 g/mol. The first kappa shape index (κ1) is 18.9. The number of amides is 1. The normalized spacial score (nSPS) is 11.6. The maximum atomic E-state index is 12.1. The Morgan fingerprint density at radius 1 is 1.20 bits per heavy atom. The highest BCUT2D eigenvalue weighted by Crippen LogP contribution is 2.23. The van der Waals surface area contributed by atoms with E-state index in [0.717, 1.165) is 10.6 Å². The summed E-state index contributed by atoms with van der Waals surface area (Å²) < 4.78 is 5.38. The van der Waals surface area contributed by atoms with Crippen LogP contribution in [0.5, 0.6) is 5.75 Å². The van der Waals surface area contributed by atoms with Crippen molar-refractivity contribution in [3.8, 4) is 5.75 Å². The second-order valence-electron chi connectivity index (χ2n) is 5.43. The van der Waals surface area contributed by atoms with Crippen LogP contribution in [-0.4, -0.2) is 29.3 Å². The van der Waals surface area contributed by atoms with Gasteiger partial charge in [0.1, 0.15) is 5.75 Å². The van der Waals surface area contributed by atoms with Gasteiger partial charge in [-0.25, -0.2) is 0 Å². The summed E-state index contributed by atoms with van der Waals surface area (Å²) in [5.74, 6) is -0.573. The second kappa shape index (κ2) is 9.13. The molecule has 1 atom stereocenters. The molecule has 0 bridgehead atoms. The number of nitrogens with one attached hydrogen (secondary N) is 1. The van der Waals surface area contributed by atoms with Gasteiger partial charge in [-0.3, -0.25) is 9.59 Å². The molecule has 2 rings (SSSR count). The first-order valence-corrected chi connectivity index (χ1v) is 8.96. The molecule has 0 fully saturated rings. The van der Waals surface area contributed by atoms with E-state index in [2.05, 4.69) is 5.32 Å². The Hall–Kier alpha value is -2.47. The number of hydrogen-bond acceptors (Lipinski definition) is 4. The van der Waals surface area contributed by atoms with Gasteiger partial charge in [0.05, 0.1) is 18.3 Å². The predicted octanol–water partition coefficient (Wildman–Crippen LogP) is 4.00. The summed E-state index contributed by atoms with van der Waals surface area (Å²) in [6.07, 6.45) is 0. The lowest BCUT2D eigenvalue weighted by molar-refractivity contribution is -0.138. The number of hydrogen-bond donors (Lipinski definition) is 2. The first-order valence-electron chi connectivity index (χ1n) is 7.98. The van der Waals surface area contributed by atoms with Crippen molar-refractivity contribution >= 4 is 29.3 Å². The smallest absolute Gasteiger partial charge is 0.310 e. The Morgan fingerprint density at radius 3 is 2.56 bits per heavy atom. The third kappa shape index (κ3) is 5.83. The second-order valence-corrected chi connectivity index (χ2v) is 6.48. The molecule has 1 unspecified atom stereocenters. The van der Waals surface area contributed by atoms with E-state index >= 15 is 0 Å². The Morgan fingerprint density at radius 2 is 1.92 bits per heavy atom. The van der Waals surface area contributed by atoms with Gasteiger partial charge in [-0.15, -0.1) is 11.8 Å². The number of rotatable bonds is 8. The molecule has 0 saturated carbocycles. The number of benzene rings is 2. The van der Waals surface area contributed by atoms with Crippen molar-refractivity contribution < 1.29 is 19.4 Å². The van der Waals surface area contributed by atoms with E-state index in [1.807, 2.05) is 31.2 Å². The minimum atomic E-state index is -0.894. The third-order valence-corrected chi connectivity index (χ3v) is 4.56. The van der Waals surface area contributed by atoms with Crippen molar-refractivity contribution in [1.29, 1.82) is 0 Å².